The van der Waals surface area contributed by atoms with Gasteiger partial charge >= 0.3 is 0 Å². The van der Waals surface area contributed by atoms with Crippen LogP contribution in [0, 0.1) is 10.5 Å². The summed E-state index contributed by atoms with van der Waals surface area (Å²) < 4.78 is 1.18. The van der Waals surface area contributed by atoms with E-state index >= 15 is 0 Å². The van der Waals surface area contributed by atoms with Crippen LogP contribution >= 0.6 is 22.6 Å². The summed E-state index contributed by atoms with van der Waals surface area (Å²) in [5, 5.41) is 3.37. The molecule has 0 bridgehead atoms. The first kappa shape index (κ1) is 13.8. The van der Waals surface area contributed by atoms with Crippen LogP contribution in [0.5, 0.6) is 0 Å². The molecule has 0 aliphatic heterocycles. The van der Waals surface area contributed by atoms with Crippen LogP contribution in [-0.4, -0.2) is 16.5 Å². The average Bonchev–Trinajstić information content (AvgIpc) is 3.26. The number of hydrogen-bond donors (Lipinski definition) is 1. The Labute approximate surface area is 133 Å². The molecular formula is C16H18IN3. The van der Waals surface area contributed by atoms with E-state index in [1.165, 1.54) is 27.7 Å². The van der Waals surface area contributed by atoms with Crippen molar-refractivity contribution < 1.29 is 0 Å². The lowest BCUT2D eigenvalue weighted by atomic mass is 10.1. The molecule has 1 aromatic carbocycles. The van der Waals surface area contributed by atoms with Crippen molar-refractivity contribution in [2.75, 3.05) is 11.9 Å². The average molecular weight is 379 g/mol. The summed E-state index contributed by atoms with van der Waals surface area (Å²) in [6.45, 7) is 5.08. The Morgan fingerprint density at radius 2 is 2.10 bits per heavy atom. The molecular weight excluding hydrogens is 361 g/mol. The Bertz CT molecular complexity index is 636. The maximum Gasteiger partial charge on any atom is 0.161 e. The molecule has 1 saturated carbocycles. The van der Waals surface area contributed by atoms with E-state index in [1.54, 1.807) is 0 Å². The number of hydrogen-bond acceptors (Lipinski definition) is 3. The third kappa shape index (κ3) is 2.80. The predicted molar refractivity (Wildman–Crippen MR) is 91.1 cm³/mol. The number of aryl methyl sites for hydroxylation is 1. The van der Waals surface area contributed by atoms with Crippen molar-refractivity contribution in [3.05, 3.63) is 39.1 Å². The zero-order valence-corrected chi connectivity index (χ0v) is 13.9. The standard InChI is InChI=1S/C16H18IN3/c1-3-18-16-13(17)14(11-7-8-11)19-15(20-16)12-6-4-5-10(2)9-12/h4-6,9,11H,3,7-8H2,1-2H3,(H,18,19,20). The van der Waals surface area contributed by atoms with Gasteiger partial charge in [0.05, 0.1) is 9.26 Å². The van der Waals surface area contributed by atoms with Crippen LogP contribution in [0.4, 0.5) is 5.82 Å². The van der Waals surface area contributed by atoms with Gasteiger partial charge < -0.3 is 5.32 Å². The largest absolute Gasteiger partial charge is 0.369 e. The third-order valence-electron chi connectivity index (χ3n) is 3.46. The van der Waals surface area contributed by atoms with Gasteiger partial charge in [-0.3, -0.25) is 0 Å². The summed E-state index contributed by atoms with van der Waals surface area (Å²) in [6.07, 6.45) is 2.51. The fourth-order valence-corrected chi connectivity index (χ4v) is 3.16. The van der Waals surface area contributed by atoms with Crippen LogP contribution in [0.2, 0.25) is 0 Å². The maximum absolute atomic E-state index is 4.83. The van der Waals surface area contributed by atoms with E-state index in [0.717, 1.165) is 23.8 Å². The molecule has 1 aliphatic carbocycles. The number of nitrogens with one attached hydrogen (secondary N) is 1. The number of anilines is 1. The Hall–Kier alpha value is -1.17. The van der Waals surface area contributed by atoms with E-state index in [1.807, 2.05) is 0 Å². The Morgan fingerprint density at radius 1 is 1.30 bits per heavy atom. The Kier molecular flexibility index (Phi) is 3.92. The molecule has 3 nitrogen and oxygen atoms in total. The molecule has 0 spiro atoms. The maximum atomic E-state index is 4.83. The second-order valence-electron chi connectivity index (χ2n) is 5.27. The third-order valence-corrected chi connectivity index (χ3v) is 4.52. The van der Waals surface area contributed by atoms with Crippen LogP contribution in [-0.2, 0) is 0 Å². The Balaban J connectivity index is 2.10. The van der Waals surface area contributed by atoms with Crippen molar-refractivity contribution in [2.24, 2.45) is 0 Å². The highest BCUT2D eigenvalue weighted by atomic mass is 127. The van der Waals surface area contributed by atoms with E-state index in [-0.39, 0.29) is 0 Å². The smallest absolute Gasteiger partial charge is 0.161 e. The highest BCUT2D eigenvalue weighted by molar-refractivity contribution is 14.1. The molecule has 2 aromatic rings. The zero-order chi connectivity index (χ0) is 14.1. The summed E-state index contributed by atoms with van der Waals surface area (Å²) in [4.78, 5) is 9.54. The first-order valence-corrected chi connectivity index (χ1v) is 8.15. The number of nitrogens with zero attached hydrogens (tertiary/aromatic N) is 2. The van der Waals surface area contributed by atoms with Crippen LogP contribution in [0.15, 0.2) is 24.3 Å². The summed E-state index contributed by atoms with van der Waals surface area (Å²) in [7, 11) is 0. The second kappa shape index (κ2) is 5.68. The van der Waals surface area contributed by atoms with Gasteiger partial charge in [0.25, 0.3) is 0 Å². The minimum absolute atomic E-state index is 0.630. The zero-order valence-electron chi connectivity index (χ0n) is 11.8. The molecule has 1 fully saturated rings. The fourth-order valence-electron chi connectivity index (χ4n) is 2.29. The highest BCUT2D eigenvalue weighted by Gasteiger charge is 2.29. The van der Waals surface area contributed by atoms with Crippen LogP contribution in [0.25, 0.3) is 11.4 Å². The van der Waals surface area contributed by atoms with Gasteiger partial charge in [-0.25, -0.2) is 9.97 Å². The summed E-state index contributed by atoms with van der Waals surface area (Å²) in [5.41, 5.74) is 3.55. The van der Waals surface area contributed by atoms with Crippen LogP contribution < -0.4 is 5.32 Å². The minimum Gasteiger partial charge on any atom is -0.369 e. The normalized spacial score (nSPS) is 14.3. The summed E-state index contributed by atoms with van der Waals surface area (Å²) in [5.74, 6) is 2.44. The van der Waals surface area contributed by atoms with Crippen molar-refractivity contribution >= 4 is 28.4 Å². The van der Waals surface area contributed by atoms with Gasteiger partial charge in [-0.15, -0.1) is 0 Å². The van der Waals surface area contributed by atoms with Crippen molar-refractivity contribution in [1.82, 2.24) is 9.97 Å². The van der Waals surface area contributed by atoms with Crippen molar-refractivity contribution in [3.8, 4) is 11.4 Å². The van der Waals surface area contributed by atoms with Crippen molar-refractivity contribution in [2.45, 2.75) is 32.6 Å². The van der Waals surface area contributed by atoms with Crippen molar-refractivity contribution in [3.63, 3.8) is 0 Å². The van der Waals surface area contributed by atoms with Gasteiger partial charge in [-0.2, -0.15) is 0 Å². The molecule has 3 rings (SSSR count). The fraction of sp³-hybridized carbons (Fsp3) is 0.375. The highest BCUT2D eigenvalue weighted by Crippen LogP contribution is 2.42. The van der Waals surface area contributed by atoms with Gasteiger partial charge in [0.15, 0.2) is 5.82 Å². The molecule has 1 heterocycles. The van der Waals surface area contributed by atoms with Gasteiger partial charge in [-0.1, -0.05) is 23.8 Å². The molecule has 1 N–H and O–H groups in total. The van der Waals surface area contributed by atoms with E-state index in [2.05, 4.69) is 66.0 Å². The molecule has 0 radical (unpaired) electrons. The van der Waals surface area contributed by atoms with E-state index in [9.17, 15) is 0 Å². The van der Waals surface area contributed by atoms with Crippen LogP contribution in [0.1, 0.15) is 36.9 Å². The van der Waals surface area contributed by atoms with Gasteiger partial charge in [0.1, 0.15) is 5.82 Å². The van der Waals surface area contributed by atoms with Crippen LogP contribution in [0.3, 0.4) is 0 Å². The van der Waals surface area contributed by atoms with Gasteiger partial charge in [-0.05, 0) is 55.3 Å². The Morgan fingerprint density at radius 3 is 2.75 bits per heavy atom. The molecule has 0 atom stereocenters. The van der Waals surface area contributed by atoms with E-state index in [0.29, 0.717) is 5.92 Å². The SMILES string of the molecule is CCNc1nc(-c2cccc(C)c2)nc(C2CC2)c1I. The molecule has 20 heavy (non-hydrogen) atoms. The van der Waals surface area contributed by atoms with Crippen molar-refractivity contribution in [1.29, 1.82) is 0 Å². The number of rotatable bonds is 4. The minimum atomic E-state index is 0.630. The topological polar surface area (TPSA) is 37.8 Å². The first-order valence-electron chi connectivity index (χ1n) is 7.07. The monoisotopic (exact) mass is 379 g/mol. The molecule has 4 heteroatoms. The molecule has 0 amide bonds. The molecule has 1 aromatic heterocycles. The first-order chi connectivity index (χ1) is 9.69. The van der Waals surface area contributed by atoms with Gasteiger partial charge in [0, 0.05) is 18.0 Å². The van der Waals surface area contributed by atoms with E-state index < -0.39 is 0 Å². The van der Waals surface area contributed by atoms with E-state index in [4.69, 9.17) is 9.97 Å². The lowest BCUT2D eigenvalue weighted by Gasteiger charge is -2.12. The number of benzene rings is 1. The number of aromatic nitrogens is 2. The predicted octanol–water partition coefficient (Wildman–Crippen LogP) is 4.37. The summed E-state index contributed by atoms with van der Waals surface area (Å²) in [6, 6.07) is 8.40. The molecule has 104 valence electrons. The summed E-state index contributed by atoms with van der Waals surface area (Å²) >= 11 is 2.37. The lowest BCUT2D eigenvalue weighted by Crippen LogP contribution is -2.07. The second-order valence-corrected chi connectivity index (χ2v) is 6.35. The quantitative estimate of drug-likeness (QED) is 0.802. The molecule has 0 saturated heterocycles. The van der Waals surface area contributed by atoms with Gasteiger partial charge in [0.2, 0.25) is 0 Å². The molecule has 0 unspecified atom stereocenters. The molecule has 1 aliphatic rings. The number of halogens is 1. The lowest BCUT2D eigenvalue weighted by molar-refractivity contribution is 0.972.